The first-order valence-electron chi connectivity index (χ1n) is 5.08. The number of hydrogen-bond acceptors (Lipinski definition) is 1. The Kier molecular flexibility index (Phi) is 2.86. The fourth-order valence-corrected chi connectivity index (χ4v) is 1.79. The molecule has 0 saturated heterocycles. The van der Waals surface area contributed by atoms with E-state index in [2.05, 4.69) is 0 Å². The highest BCUT2D eigenvalue weighted by atomic mass is 19.1. The summed E-state index contributed by atoms with van der Waals surface area (Å²) in [5.74, 6) is -0.269. The monoisotopic (exact) mass is 217 g/mol. The van der Waals surface area contributed by atoms with E-state index in [-0.39, 0.29) is 5.82 Å². The molecule has 0 fully saturated rings. The van der Waals surface area contributed by atoms with Crippen LogP contribution in [-0.4, -0.2) is 10.9 Å². The van der Waals surface area contributed by atoms with Gasteiger partial charge in [-0.3, -0.25) is 0 Å². The third-order valence-corrected chi connectivity index (χ3v) is 2.58. The van der Waals surface area contributed by atoms with Gasteiger partial charge in [0.25, 0.3) is 0 Å². The first-order chi connectivity index (χ1) is 7.72. The predicted molar refractivity (Wildman–Crippen MR) is 60.6 cm³/mol. The smallest absolute Gasteiger partial charge is 0.139 e. The molecular weight excluding hydrogens is 205 g/mol. The van der Waals surface area contributed by atoms with E-state index in [1.54, 1.807) is 6.07 Å². The molecule has 1 aromatic heterocycles. The van der Waals surface area contributed by atoms with E-state index in [1.165, 1.54) is 12.1 Å². The molecule has 2 nitrogen and oxygen atoms in total. The van der Waals surface area contributed by atoms with E-state index >= 15 is 0 Å². The van der Waals surface area contributed by atoms with Crippen molar-refractivity contribution in [3.63, 3.8) is 0 Å². The van der Waals surface area contributed by atoms with Crippen LogP contribution in [0.3, 0.4) is 0 Å². The second-order valence-electron chi connectivity index (χ2n) is 3.65. The van der Waals surface area contributed by atoms with Gasteiger partial charge in [-0.15, -0.1) is 0 Å². The van der Waals surface area contributed by atoms with Gasteiger partial charge in [-0.2, -0.15) is 0 Å². The topological polar surface area (TPSA) is 22.0 Å². The van der Waals surface area contributed by atoms with Crippen LogP contribution >= 0.6 is 0 Å². The van der Waals surface area contributed by atoms with Gasteiger partial charge in [0.1, 0.15) is 12.1 Å². The molecule has 1 aromatic carbocycles. The molecule has 0 aliphatic heterocycles. The molecule has 0 spiro atoms. The Balaban J connectivity index is 2.51. The zero-order valence-corrected chi connectivity index (χ0v) is 8.98. The van der Waals surface area contributed by atoms with Crippen LogP contribution in [0, 0.1) is 12.7 Å². The first-order valence-corrected chi connectivity index (χ1v) is 5.08. The number of rotatable bonds is 3. The number of halogens is 1. The Morgan fingerprint density at radius 3 is 2.81 bits per heavy atom. The molecule has 0 atom stereocenters. The second kappa shape index (κ2) is 4.31. The molecule has 0 aliphatic rings. The highest BCUT2D eigenvalue weighted by Gasteiger charge is 2.07. The number of carbonyl (C=O) groups is 1. The van der Waals surface area contributed by atoms with Gasteiger partial charge >= 0.3 is 0 Å². The molecular formula is C13H12FNO. The van der Waals surface area contributed by atoms with E-state index < -0.39 is 0 Å². The summed E-state index contributed by atoms with van der Waals surface area (Å²) in [5, 5.41) is 0. The summed E-state index contributed by atoms with van der Waals surface area (Å²) in [7, 11) is 0. The average Bonchev–Trinajstić information content (AvgIpc) is 2.61. The molecule has 3 heteroatoms. The van der Waals surface area contributed by atoms with Gasteiger partial charge in [-0.25, -0.2) is 4.39 Å². The molecule has 2 aromatic rings. The Hall–Kier alpha value is -1.90. The van der Waals surface area contributed by atoms with Gasteiger partial charge in [0.05, 0.1) is 6.54 Å². The molecule has 0 radical (unpaired) electrons. The van der Waals surface area contributed by atoms with E-state index in [0.717, 1.165) is 23.2 Å². The van der Waals surface area contributed by atoms with Gasteiger partial charge in [-0.1, -0.05) is 12.1 Å². The van der Waals surface area contributed by atoms with Gasteiger partial charge in [-0.05, 0) is 31.2 Å². The van der Waals surface area contributed by atoms with Crippen molar-refractivity contribution in [2.24, 2.45) is 0 Å². The van der Waals surface area contributed by atoms with Gasteiger partial charge in [0.2, 0.25) is 0 Å². The Bertz CT molecular complexity index is 516. The minimum absolute atomic E-state index is 0.269. The standard InChI is InChI=1S/C13H12FNO/c1-10-5-6-13(15(10)7-8-16)11-3-2-4-12(14)9-11/h2-6,8-9H,7H2,1H3. The first kappa shape index (κ1) is 10.6. The van der Waals surface area contributed by atoms with E-state index in [0.29, 0.717) is 6.54 Å². The third-order valence-electron chi connectivity index (χ3n) is 2.58. The van der Waals surface area contributed by atoms with Crippen LogP contribution in [0.1, 0.15) is 5.69 Å². The quantitative estimate of drug-likeness (QED) is 0.724. The average molecular weight is 217 g/mol. The lowest BCUT2D eigenvalue weighted by atomic mass is 10.1. The summed E-state index contributed by atoms with van der Waals surface area (Å²) in [6, 6.07) is 10.2. The Labute approximate surface area is 93.3 Å². The number of benzene rings is 1. The van der Waals surface area contributed by atoms with Crippen molar-refractivity contribution in [2.45, 2.75) is 13.5 Å². The minimum atomic E-state index is -0.269. The Morgan fingerprint density at radius 2 is 2.12 bits per heavy atom. The zero-order chi connectivity index (χ0) is 11.5. The number of aldehydes is 1. The number of aromatic nitrogens is 1. The summed E-state index contributed by atoms with van der Waals surface area (Å²) in [4.78, 5) is 10.6. The summed E-state index contributed by atoms with van der Waals surface area (Å²) < 4.78 is 15.0. The van der Waals surface area contributed by atoms with Crippen LogP contribution in [0.15, 0.2) is 36.4 Å². The molecule has 82 valence electrons. The number of aryl methyl sites for hydroxylation is 1. The highest BCUT2D eigenvalue weighted by molar-refractivity contribution is 5.63. The van der Waals surface area contributed by atoms with Crippen LogP contribution < -0.4 is 0 Å². The summed E-state index contributed by atoms with van der Waals surface area (Å²) >= 11 is 0. The van der Waals surface area contributed by atoms with Crippen molar-refractivity contribution in [1.29, 1.82) is 0 Å². The molecule has 0 unspecified atom stereocenters. The molecule has 0 N–H and O–H groups in total. The highest BCUT2D eigenvalue weighted by Crippen LogP contribution is 2.22. The zero-order valence-electron chi connectivity index (χ0n) is 8.98. The summed E-state index contributed by atoms with van der Waals surface area (Å²) in [6.07, 6.45) is 0.843. The number of nitrogens with zero attached hydrogens (tertiary/aromatic N) is 1. The largest absolute Gasteiger partial charge is 0.338 e. The van der Waals surface area contributed by atoms with Crippen molar-refractivity contribution in [1.82, 2.24) is 4.57 Å². The van der Waals surface area contributed by atoms with Crippen molar-refractivity contribution < 1.29 is 9.18 Å². The van der Waals surface area contributed by atoms with Crippen LogP contribution in [0.25, 0.3) is 11.3 Å². The molecule has 16 heavy (non-hydrogen) atoms. The van der Waals surface area contributed by atoms with Crippen molar-refractivity contribution in [3.8, 4) is 11.3 Å². The SMILES string of the molecule is Cc1ccc(-c2cccc(F)c2)n1CC=O. The van der Waals surface area contributed by atoms with Gasteiger partial charge in [0.15, 0.2) is 0 Å². The number of carbonyl (C=O) groups excluding carboxylic acids is 1. The van der Waals surface area contributed by atoms with Crippen LogP contribution in [-0.2, 0) is 11.3 Å². The van der Waals surface area contributed by atoms with Gasteiger partial charge < -0.3 is 9.36 Å². The molecule has 2 rings (SSSR count). The van der Waals surface area contributed by atoms with E-state index in [1.807, 2.05) is 29.7 Å². The van der Waals surface area contributed by atoms with Crippen LogP contribution in [0.4, 0.5) is 4.39 Å². The normalized spacial score (nSPS) is 10.4. The number of hydrogen-bond donors (Lipinski definition) is 0. The van der Waals surface area contributed by atoms with E-state index in [4.69, 9.17) is 0 Å². The van der Waals surface area contributed by atoms with Crippen LogP contribution in [0.2, 0.25) is 0 Å². The van der Waals surface area contributed by atoms with Gasteiger partial charge in [0, 0.05) is 17.0 Å². The molecule has 0 aliphatic carbocycles. The van der Waals surface area contributed by atoms with Crippen LogP contribution in [0.5, 0.6) is 0 Å². The summed E-state index contributed by atoms with van der Waals surface area (Å²) in [5.41, 5.74) is 2.64. The maximum absolute atomic E-state index is 13.1. The lowest BCUT2D eigenvalue weighted by molar-refractivity contribution is -0.108. The summed E-state index contributed by atoms with van der Waals surface area (Å²) in [6.45, 7) is 2.22. The Morgan fingerprint density at radius 1 is 1.31 bits per heavy atom. The molecule has 1 heterocycles. The molecule has 0 amide bonds. The lowest BCUT2D eigenvalue weighted by Gasteiger charge is -2.08. The lowest BCUT2D eigenvalue weighted by Crippen LogP contribution is -2.02. The fraction of sp³-hybridized carbons (Fsp3) is 0.154. The fourth-order valence-electron chi connectivity index (χ4n) is 1.79. The molecule has 0 bridgehead atoms. The third kappa shape index (κ3) is 1.89. The second-order valence-corrected chi connectivity index (χ2v) is 3.65. The van der Waals surface area contributed by atoms with Crippen molar-refractivity contribution >= 4 is 6.29 Å². The predicted octanol–water partition coefficient (Wildman–Crippen LogP) is 2.80. The minimum Gasteiger partial charge on any atom is -0.338 e. The van der Waals surface area contributed by atoms with Crippen molar-refractivity contribution in [3.05, 3.63) is 47.9 Å². The maximum atomic E-state index is 13.1. The maximum Gasteiger partial charge on any atom is 0.139 e. The van der Waals surface area contributed by atoms with Crippen molar-refractivity contribution in [2.75, 3.05) is 0 Å². The molecule has 0 saturated carbocycles. The van der Waals surface area contributed by atoms with E-state index in [9.17, 15) is 9.18 Å².